The van der Waals surface area contributed by atoms with Crippen LogP contribution in [-0.2, 0) is 4.79 Å². The molecule has 0 saturated carbocycles. The summed E-state index contributed by atoms with van der Waals surface area (Å²) in [7, 11) is 0. The van der Waals surface area contributed by atoms with Crippen molar-refractivity contribution in [3.05, 3.63) is 11.6 Å². The standard InChI is InChI=1S/C10H8Cl2N2OS/c1-9(11,12)8(15)2-7-3-10(5-13,6-14)16-4-7/h3H,2,4H2,1H3. The first kappa shape index (κ1) is 13.4. The number of carbonyl (C=O) groups excluding carboxylic acids is 1. The van der Waals surface area contributed by atoms with Gasteiger partial charge in [0.05, 0.1) is 0 Å². The second-order valence-electron chi connectivity index (χ2n) is 3.54. The molecule has 0 unspecified atom stereocenters. The molecule has 0 fully saturated rings. The Morgan fingerprint density at radius 1 is 1.62 bits per heavy atom. The van der Waals surface area contributed by atoms with Gasteiger partial charge in [-0.25, -0.2) is 0 Å². The normalized spacial score (nSPS) is 18.4. The molecular formula is C10H8Cl2N2OS. The molecule has 16 heavy (non-hydrogen) atoms. The quantitative estimate of drug-likeness (QED) is 0.586. The second-order valence-corrected chi connectivity index (χ2v) is 6.47. The summed E-state index contributed by atoms with van der Waals surface area (Å²) in [5.74, 6) is 0.158. The number of rotatable bonds is 3. The number of thioether (sulfide) groups is 1. The number of alkyl halides is 2. The number of carbonyl (C=O) groups is 1. The van der Waals surface area contributed by atoms with Crippen molar-refractivity contribution in [2.24, 2.45) is 0 Å². The maximum Gasteiger partial charge on any atom is 0.207 e. The van der Waals surface area contributed by atoms with Gasteiger partial charge in [-0.2, -0.15) is 10.5 Å². The van der Waals surface area contributed by atoms with Crippen LogP contribution in [0.25, 0.3) is 0 Å². The van der Waals surface area contributed by atoms with E-state index in [1.165, 1.54) is 24.8 Å². The predicted octanol–water partition coefficient (Wildman–Crippen LogP) is 2.60. The summed E-state index contributed by atoms with van der Waals surface area (Å²) < 4.78 is -2.58. The first-order valence-electron chi connectivity index (χ1n) is 4.41. The van der Waals surface area contributed by atoms with Gasteiger partial charge < -0.3 is 0 Å². The summed E-state index contributed by atoms with van der Waals surface area (Å²) in [6.07, 6.45) is 1.61. The molecule has 0 spiro atoms. The molecule has 6 heteroatoms. The fourth-order valence-electron chi connectivity index (χ4n) is 1.19. The Balaban J connectivity index is 2.78. The van der Waals surface area contributed by atoms with E-state index in [0.29, 0.717) is 5.75 Å². The van der Waals surface area contributed by atoms with Gasteiger partial charge in [0.15, 0.2) is 10.1 Å². The van der Waals surface area contributed by atoms with Crippen LogP contribution in [0.2, 0.25) is 0 Å². The zero-order valence-electron chi connectivity index (χ0n) is 8.46. The molecule has 1 heterocycles. The Morgan fingerprint density at radius 2 is 2.19 bits per heavy atom. The van der Waals surface area contributed by atoms with Gasteiger partial charge in [-0.05, 0) is 13.0 Å². The summed E-state index contributed by atoms with van der Waals surface area (Å²) >= 11 is 12.5. The van der Waals surface area contributed by atoms with Gasteiger partial charge in [0.25, 0.3) is 0 Å². The van der Waals surface area contributed by atoms with Crippen LogP contribution in [0.15, 0.2) is 11.6 Å². The maximum atomic E-state index is 11.5. The van der Waals surface area contributed by atoms with E-state index in [-0.39, 0.29) is 12.2 Å². The number of nitriles is 2. The maximum absolute atomic E-state index is 11.5. The van der Waals surface area contributed by atoms with Gasteiger partial charge in [0.1, 0.15) is 12.1 Å². The lowest BCUT2D eigenvalue weighted by Crippen LogP contribution is -2.22. The van der Waals surface area contributed by atoms with Crippen LogP contribution in [0.4, 0.5) is 0 Å². The van der Waals surface area contributed by atoms with Crippen molar-refractivity contribution in [3.8, 4) is 12.1 Å². The third-order valence-corrected chi connectivity index (χ3v) is 3.79. The molecule has 0 amide bonds. The number of halogens is 2. The van der Waals surface area contributed by atoms with E-state index in [1.54, 1.807) is 0 Å². The van der Waals surface area contributed by atoms with Crippen LogP contribution in [0.1, 0.15) is 13.3 Å². The highest BCUT2D eigenvalue weighted by molar-refractivity contribution is 8.01. The molecule has 0 saturated heterocycles. The number of hydrogen-bond acceptors (Lipinski definition) is 4. The SMILES string of the molecule is CC(Cl)(Cl)C(=O)CC1=CC(C#N)(C#N)SC1. The Kier molecular flexibility index (Phi) is 3.91. The monoisotopic (exact) mass is 274 g/mol. The lowest BCUT2D eigenvalue weighted by molar-refractivity contribution is -0.118. The highest BCUT2D eigenvalue weighted by Crippen LogP contribution is 2.37. The van der Waals surface area contributed by atoms with Gasteiger partial charge >= 0.3 is 0 Å². The van der Waals surface area contributed by atoms with Gasteiger partial charge in [-0.3, -0.25) is 4.79 Å². The first-order valence-corrected chi connectivity index (χ1v) is 6.15. The third-order valence-electron chi connectivity index (χ3n) is 2.10. The molecular weight excluding hydrogens is 267 g/mol. The molecule has 0 radical (unpaired) electrons. The Labute approximate surface area is 108 Å². The van der Waals surface area contributed by atoms with Crippen LogP contribution in [0, 0.1) is 22.7 Å². The summed E-state index contributed by atoms with van der Waals surface area (Å²) in [5, 5.41) is 17.7. The Hall–Kier alpha value is -0.680. The second kappa shape index (κ2) is 4.67. The van der Waals surface area contributed by atoms with E-state index in [1.807, 2.05) is 12.1 Å². The average molecular weight is 275 g/mol. The molecule has 1 rings (SSSR count). The summed E-state index contributed by atoms with van der Waals surface area (Å²) in [4.78, 5) is 11.5. The molecule has 0 aromatic carbocycles. The average Bonchev–Trinajstić information content (AvgIpc) is 2.61. The van der Waals surface area contributed by atoms with Gasteiger partial charge in [0.2, 0.25) is 4.75 Å². The lowest BCUT2D eigenvalue weighted by Gasteiger charge is -2.11. The van der Waals surface area contributed by atoms with Gasteiger partial charge in [-0.1, -0.05) is 28.8 Å². The van der Waals surface area contributed by atoms with Crippen molar-refractivity contribution in [2.45, 2.75) is 22.4 Å². The van der Waals surface area contributed by atoms with E-state index in [0.717, 1.165) is 5.57 Å². The number of ketones is 1. The van der Waals surface area contributed by atoms with Crippen LogP contribution >= 0.6 is 35.0 Å². The van der Waals surface area contributed by atoms with Crippen molar-refractivity contribution in [2.75, 3.05) is 5.75 Å². The highest BCUT2D eigenvalue weighted by atomic mass is 35.5. The van der Waals surface area contributed by atoms with Crippen LogP contribution < -0.4 is 0 Å². The first-order chi connectivity index (χ1) is 7.33. The smallest absolute Gasteiger partial charge is 0.207 e. The summed E-state index contributed by atoms with van der Waals surface area (Å²) in [6.45, 7) is 1.41. The molecule has 0 aliphatic carbocycles. The molecule has 84 valence electrons. The van der Waals surface area contributed by atoms with Crippen LogP contribution in [0.3, 0.4) is 0 Å². The van der Waals surface area contributed by atoms with E-state index in [2.05, 4.69) is 0 Å². The Bertz CT molecular complexity index is 412. The molecule has 1 aliphatic rings. The van der Waals surface area contributed by atoms with Gasteiger partial charge in [0, 0.05) is 12.2 Å². The highest BCUT2D eigenvalue weighted by Gasteiger charge is 2.36. The molecule has 0 bridgehead atoms. The number of hydrogen-bond donors (Lipinski definition) is 0. The number of Topliss-reactive ketones (excluding diaryl/α,β-unsaturated/α-hetero) is 1. The van der Waals surface area contributed by atoms with E-state index < -0.39 is 9.08 Å². The minimum absolute atomic E-state index is 0.0849. The van der Waals surface area contributed by atoms with Crippen molar-refractivity contribution >= 4 is 40.7 Å². The van der Waals surface area contributed by atoms with E-state index in [9.17, 15) is 4.79 Å². The topological polar surface area (TPSA) is 64.7 Å². The Morgan fingerprint density at radius 3 is 2.56 bits per heavy atom. The molecule has 1 aliphatic heterocycles. The fraction of sp³-hybridized carbons (Fsp3) is 0.500. The number of nitrogens with zero attached hydrogens (tertiary/aromatic N) is 2. The van der Waals surface area contributed by atoms with Crippen molar-refractivity contribution < 1.29 is 4.79 Å². The van der Waals surface area contributed by atoms with E-state index >= 15 is 0 Å². The van der Waals surface area contributed by atoms with Crippen LogP contribution in [-0.4, -0.2) is 20.6 Å². The molecule has 0 aromatic heterocycles. The van der Waals surface area contributed by atoms with E-state index in [4.69, 9.17) is 33.7 Å². The minimum Gasteiger partial charge on any atom is -0.296 e. The summed E-state index contributed by atoms with van der Waals surface area (Å²) in [6, 6.07) is 3.83. The summed E-state index contributed by atoms with van der Waals surface area (Å²) in [5.41, 5.74) is 0.727. The fourth-order valence-corrected chi connectivity index (χ4v) is 2.31. The third kappa shape index (κ3) is 2.92. The van der Waals surface area contributed by atoms with Crippen molar-refractivity contribution in [1.29, 1.82) is 10.5 Å². The van der Waals surface area contributed by atoms with Crippen molar-refractivity contribution in [3.63, 3.8) is 0 Å². The zero-order valence-corrected chi connectivity index (χ0v) is 10.8. The molecule has 0 atom stereocenters. The predicted molar refractivity (Wildman–Crippen MR) is 64.2 cm³/mol. The zero-order chi connectivity index (χ0) is 12.4. The molecule has 0 N–H and O–H groups in total. The lowest BCUT2D eigenvalue weighted by atomic mass is 10.0. The molecule has 3 nitrogen and oxygen atoms in total. The molecule has 0 aromatic rings. The minimum atomic E-state index is -1.42. The van der Waals surface area contributed by atoms with Crippen LogP contribution in [0.5, 0.6) is 0 Å². The van der Waals surface area contributed by atoms with Crippen molar-refractivity contribution in [1.82, 2.24) is 0 Å². The largest absolute Gasteiger partial charge is 0.296 e. The van der Waals surface area contributed by atoms with Gasteiger partial charge in [-0.15, -0.1) is 11.8 Å².